The number of amides is 2. The minimum absolute atomic E-state index is 0.00409. The van der Waals surface area contributed by atoms with Crippen molar-refractivity contribution in [2.24, 2.45) is 0 Å². The van der Waals surface area contributed by atoms with E-state index in [0.29, 0.717) is 6.61 Å². The summed E-state index contributed by atoms with van der Waals surface area (Å²) in [6.07, 6.45) is 1.19. The maximum atomic E-state index is 11.6. The van der Waals surface area contributed by atoms with Gasteiger partial charge in [-0.1, -0.05) is 0 Å². The Morgan fingerprint density at radius 1 is 1.30 bits per heavy atom. The summed E-state index contributed by atoms with van der Waals surface area (Å²) in [5, 5.41) is 5.63. The first-order valence-electron chi connectivity index (χ1n) is 7.05. The molecule has 0 aromatic heterocycles. The topological polar surface area (TPSA) is 76.7 Å². The molecule has 2 amide bonds. The molecule has 1 saturated heterocycles. The fraction of sp³-hybridized carbons (Fsp3) is 0.857. The van der Waals surface area contributed by atoms with Crippen molar-refractivity contribution in [3.05, 3.63) is 0 Å². The average molecular weight is 286 g/mol. The highest BCUT2D eigenvalue weighted by Gasteiger charge is 2.28. The molecule has 0 aromatic carbocycles. The molecule has 116 valence electrons. The van der Waals surface area contributed by atoms with Gasteiger partial charge < -0.3 is 20.1 Å². The van der Waals surface area contributed by atoms with Gasteiger partial charge in [-0.05, 0) is 40.5 Å². The van der Waals surface area contributed by atoms with E-state index in [0.717, 1.165) is 12.8 Å². The average Bonchev–Trinajstić information content (AvgIpc) is 2.26. The van der Waals surface area contributed by atoms with Crippen LogP contribution in [0.1, 0.15) is 47.5 Å². The van der Waals surface area contributed by atoms with Crippen LogP contribution in [-0.2, 0) is 14.3 Å². The molecule has 0 unspecified atom stereocenters. The van der Waals surface area contributed by atoms with Crippen LogP contribution in [0.4, 0.5) is 4.79 Å². The van der Waals surface area contributed by atoms with Crippen LogP contribution >= 0.6 is 0 Å². The van der Waals surface area contributed by atoms with E-state index in [-0.39, 0.29) is 24.1 Å². The lowest BCUT2D eigenvalue weighted by atomic mass is 10.0. The number of nitrogens with one attached hydrogen (secondary N) is 2. The summed E-state index contributed by atoms with van der Waals surface area (Å²) in [6.45, 7) is 9.34. The third kappa shape index (κ3) is 6.23. The first-order chi connectivity index (χ1) is 9.17. The van der Waals surface area contributed by atoms with Gasteiger partial charge in [0.2, 0.25) is 5.91 Å². The molecule has 6 nitrogen and oxygen atoms in total. The van der Waals surface area contributed by atoms with Crippen molar-refractivity contribution in [1.82, 2.24) is 10.6 Å². The molecule has 1 aliphatic heterocycles. The molecule has 0 aromatic rings. The van der Waals surface area contributed by atoms with Crippen LogP contribution in [0.5, 0.6) is 0 Å². The van der Waals surface area contributed by atoms with Crippen LogP contribution in [0, 0.1) is 0 Å². The SMILES string of the molecule is CC(=O)N[C@@H](C)[C@@H]1CC[C@@H](NC(=O)OC(C)(C)C)CO1. The Hall–Kier alpha value is -1.30. The molecule has 0 spiro atoms. The zero-order chi connectivity index (χ0) is 15.3. The van der Waals surface area contributed by atoms with Gasteiger partial charge in [0, 0.05) is 6.92 Å². The van der Waals surface area contributed by atoms with E-state index in [1.54, 1.807) is 0 Å². The van der Waals surface area contributed by atoms with Gasteiger partial charge in [0.25, 0.3) is 0 Å². The van der Waals surface area contributed by atoms with Gasteiger partial charge in [-0.2, -0.15) is 0 Å². The van der Waals surface area contributed by atoms with Gasteiger partial charge in [0.05, 0.1) is 24.8 Å². The van der Waals surface area contributed by atoms with Gasteiger partial charge in [-0.3, -0.25) is 4.79 Å². The van der Waals surface area contributed by atoms with Crippen LogP contribution in [0.25, 0.3) is 0 Å². The summed E-state index contributed by atoms with van der Waals surface area (Å²) in [6, 6.07) is -0.0550. The van der Waals surface area contributed by atoms with Crippen molar-refractivity contribution in [1.29, 1.82) is 0 Å². The van der Waals surface area contributed by atoms with Gasteiger partial charge in [-0.25, -0.2) is 4.79 Å². The Kier molecular flexibility index (Phi) is 5.80. The minimum Gasteiger partial charge on any atom is -0.444 e. The Morgan fingerprint density at radius 2 is 1.95 bits per heavy atom. The van der Waals surface area contributed by atoms with Crippen LogP contribution in [0.2, 0.25) is 0 Å². The normalized spacial score (nSPS) is 24.6. The molecule has 0 aliphatic carbocycles. The molecular formula is C14H26N2O4. The number of rotatable bonds is 3. The zero-order valence-corrected chi connectivity index (χ0v) is 13.0. The lowest BCUT2D eigenvalue weighted by Crippen LogP contribution is -2.49. The zero-order valence-electron chi connectivity index (χ0n) is 13.0. The molecule has 3 atom stereocenters. The first-order valence-corrected chi connectivity index (χ1v) is 7.05. The molecule has 1 fully saturated rings. The molecule has 2 N–H and O–H groups in total. The second-order valence-corrected chi connectivity index (χ2v) is 6.28. The van der Waals surface area contributed by atoms with Gasteiger partial charge in [-0.15, -0.1) is 0 Å². The number of ether oxygens (including phenoxy) is 2. The Labute approximate surface area is 120 Å². The van der Waals surface area contributed by atoms with E-state index in [2.05, 4.69) is 10.6 Å². The van der Waals surface area contributed by atoms with Crippen molar-refractivity contribution in [2.75, 3.05) is 6.61 Å². The molecule has 1 heterocycles. The van der Waals surface area contributed by atoms with Crippen LogP contribution in [-0.4, -0.2) is 42.4 Å². The highest BCUT2D eigenvalue weighted by atomic mass is 16.6. The molecule has 1 rings (SSSR count). The number of hydrogen-bond donors (Lipinski definition) is 2. The number of alkyl carbamates (subject to hydrolysis) is 1. The molecule has 1 aliphatic rings. The monoisotopic (exact) mass is 286 g/mol. The summed E-state index contributed by atoms with van der Waals surface area (Å²) < 4.78 is 10.9. The number of carbonyl (C=O) groups is 2. The van der Waals surface area contributed by atoms with Crippen LogP contribution in [0.3, 0.4) is 0 Å². The van der Waals surface area contributed by atoms with Crippen molar-refractivity contribution in [3.8, 4) is 0 Å². The summed E-state index contributed by atoms with van der Waals surface area (Å²) in [4.78, 5) is 22.6. The first kappa shape index (κ1) is 16.8. The number of hydrogen-bond acceptors (Lipinski definition) is 4. The van der Waals surface area contributed by atoms with Crippen molar-refractivity contribution >= 4 is 12.0 Å². The number of carbonyl (C=O) groups excluding carboxylic acids is 2. The fourth-order valence-corrected chi connectivity index (χ4v) is 2.17. The third-order valence-electron chi connectivity index (χ3n) is 3.02. The minimum atomic E-state index is -0.498. The summed E-state index contributed by atoms with van der Waals surface area (Å²) in [5.74, 6) is -0.0601. The lowest BCUT2D eigenvalue weighted by molar-refractivity contribution is -0.121. The Morgan fingerprint density at radius 3 is 2.40 bits per heavy atom. The predicted octanol–water partition coefficient (Wildman–Crippen LogP) is 1.58. The lowest BCUT2D eigenvalue weighted by Gasteiger charge is -2.33. The fourth-order valence-electron chi connectivity index (χ4n) is 2.17. The summed E-state index contributed by atoms with van der Waals surface area (Å²) in [5.41, 5.74) is -0.498. The van der Waals surface area contributed by atoms with E-state index in [9.17, 15) is 9.59 Å². The predicted molar refractivity (Wildman–Crippen MR) is 75.4 cm³/mol. The second kappa shape index (κ2) is 6.92. The smallest absolute Gasteiger partial charge is 0.407 e. The summed E-state index contributed by atoms with van der Waals surface area (Å²) in [7, 11) is 0. The Bertz CT molecular complexity index is 344. The molecule has 0 bridgehead atoms. The third-order valence-corrected chi connectivity index (χ3v) is 3.02. The van der Waals surface area contributed by atoms with Crippen LogP contribution in [0.15, 0.2) is 0 Å². The quantitative estimate of drug-likeness (QED) is 0.826. The molecule has 6 heteroatoms. The molecule has 0 radical (unpaired) electrons. The molecular weight excluding hydrogens is 260 g/mol. The van der Waals surface area contributed by atoms with Gasteiger partial charge >= 0.3 is 6.09 Å². The Balaban J connectivity index is 2.32. The second-order valence-electron chi connectivity index (χ2n) is 6.28. The maximum absolute atomic E-state index is 11.6. The molecule has 0 saturated carbocycles. The van der Waals surface area contributed by atoms with Crippen molar-refractivity contribution < 1.29 is 19.1 Å². The van der Waals surface area contributed by atoms with Crippen LogP contribution < -0.4 is 10.6 Å². The highest BCUT2D eigenvalue weighted by molar-refractivity contribution is 5.73. The maximum Gasteiger partial charge on any atom is 0.407 e. The largest absolute Gasteiger partial charge is 0.444 e. The standard InChI is InChI=1S/C14H26N2O4/c1-9(15-10(2)17)12-7-6-11(8-19-12)16-13(18)20-14(3,4)5/h9,11-12H,6-8H2,1-5H3,(H,15,17)(H,16,18)/t9-,11+,12-/m0/s1. The molecule has 20 heavy (non-hydrogen) atoms. The van der Waals surface area contributed by atoms with Gasteiger partial charge in [0.15, 0.2) is 0 Å². The van der Waals surface area contributed by atoms with E-state index >= 15 is 0 Å². The van der Waals surface area contributed by atoms with Crippen molar-refractivity contribution in [3.63, 3.8) is 0 Å². The van der Waals surface area contributed by atoms with Crippen molar-refractivity contribution in [2.45, 2.75) is 71.2 Å². The van der Waals surface area contributed by atoms with E-state index in [1.807, 2.05) is 27.7 Å². The highest BCUT2D eigenvalue weighted by Crippen LogP contribution is 2.17. The van der Waals surface area contributed by atoms with Gasteiger partial charge in [0.1, 0.15) is 5.60 Å². The van der Waals surface area contributed by atoms with E-state index in [1.165, 1.54) is 6.92 Å². The van der Waals surface area contributed by atoms with E-state index in [4.69, 9.17) is 9.47 Å². The summed E-state index contributed by atoms with van der Waals surface area (Å²) >= 11 is 0. The van der Waals surface area contributed by atoms with E-state index < -0.39 is 11.7 Å².